The lowest BCUT2D eigenvalue weighted by atomic mass is 9.74. The molecule has 0 radical (unpaired) electrons. The molecule has 0 spiro atoms. The Bertz CT molecular complexity index is 297. The molecule has 1 amide bonds. The van der Waals surface area contributed by atoms with Crippen molar-refractivity contribution in [3.05, 3.63) is 0 Å². The molecule has 1 aliphatic rings. The maximum Gasteiger partial charge on any atom is 0.311 e. The molecule has 18 heavy (non-hydrogen) atoms. The number of carbonyl (C=O) groups is 2. The summed E-state index contributed by atoms with van der Waals surface area (Å²) in [5.41, 5.74) is -0.763. The normalized spacial score (nSPS) is 20.1. The number of nitrogens with one attached hydrogen (secondary N) is 1. The average Bonchev–Trinajstić information content (AvgIpc) is 2.37. The average molecular weight is 257 g/mol. The van der Waals surface area contributed by atoms with Crippen molar-refractivity contribution in [2.45, 2.75) is 39.0 Å². The van der Waals surface area contributed by atoms with Gasteiger partial charge >= 0.3 is 5.97 Å². The predicted octanol–water partition coefficient (Wildman–Crippen LogP) is 1.42. The van der Waals surface area contributed by atoms with Gasteiger partial charge in [-0.1, -0.05) is 26.2 Å². The third-order valence-corrected chi connectivity index (χ3v) is 3.73. The highest BCUT2D eigenvalue weighted by molar-refractivity contribution is 5.80. The lowest BCUT2D eigenvalue weighted by Crippen LogP contribution is -2.46. The van der Waals surface area contributed by atoms with E-state index >= 15 is 0 Å². The number of rotatable bonds is 6. The second kappa shape index (κ2) is 6.73. The first-order chi connectivity index (χ1) is 8.52. The Kier molecular flexibility index (Phi) is 5.59. The summed E-state index contributed by atoms with van der Waals surface area (Å²) in [7, 11) is 1.55. The van der Waals surface area contributed by atoms with Crippen LogP contribution >= 0.6 is 0 Å². The number of carbonyl (C=O) groups excluding carboxylic acids is 1. The van der Waals surface area contributed by atoms with Gasteiger partial charge in [-0.25, -0.2) is 0 Å². The Morgan fingerprint density at radius 2 is 1.94 bits per heavy atom. The molecule has 1 unspecified atom stereocenters. The monoisotopic (exact) mass is 257 g/mol. The van der Waals surface area contributed by atoms with Crippen LogP contribution in [0.2, 0.25) is 0 Å². The minimum atomic E-state index is -0.790. The van der Waals surface area contributed by atoms with Crippen LogP contribution in [0.4, 0.5) is 0 Å². The molecule has 0 bridgehead atoms. The van der Waals surface area contributed by atoms with Crippen molar-refractivity contribution in [1.29, 1.82) is 0 Å². The molecular formula is C13H23NO4. The SMILES string of the molecule is COCC(C)C(=O)NCC1(C(=O)O)CCCCC1. The van der Waals surface area contributed by atoms with E-state index in [1.54, 1.807) is 14.0 Å². The van der Waals surface area contributed by atoms with Crippen molar-refractivity contribution < 1.29 is 19.4 Å². The molecule has 1 rings (SSSR count). The predicted molar refractivity (Wildman–Crippen MR) is 67.2 cm³/mol. The Morgan fingerprint density at radius 3 is 2.44 bits per heavy atom. The standard InChI is InChI=1S/C13H23NO4/c1-10(8-18-2)11(15)14-9-13(12(16)17)6-4-3-5-7-13/h10H,3-9H2,1-2H3,(H,14,15)(H,16,17). The summed E-state index contributed by atoms with van der Waals surface area (Å²) < 4.78 is 4.91. The van der Waals surface area contributed by atoms with Crippen LogP contribution in [0.3, 0.4) is 0 Å². The largest absolute Gasteiger partial charge is 0.481 e. The molecule has 1 saturated carbocycles. The van der Waals surface area contributed by atoms with Crippen LogP contribution in [0.5, 0.6) is 0 Å². The lowest BCUT2D eigenvalue weighted by Gasteiger charge is -2.33. The molecule has 0 saturated heterocycles. The van der Waals surface area contributed by atoms with Crippen molar-refractivity contribution in [2.24, 2.45) is 11.3 Å². The summed E-state index contributed by atoms with van der Waals surface area (Å²) in [5, 5.41) is 12.1. The highest BCUT2D eigenvalue weighted by Gasteiger charge is 2.39. The Balaban J connectivity index is 2.52. The summed E-state index contributed by atoms with van der Waals surface area (Å²) in [6, 6.07) is 0. The van der Waals surface area contributed by atoms with Crippen molar-refractivity contribution in [3.63, 3.8) is 0 Å². The summed E-state index contributed by atoms with van der Waals surface area (Å²) >= 11 is 0. The number of aliphatic carboxylic acids is 1. The summed E-state index contributed by atoms with van der Waals surface area (Å²) in [6.45, 7) is 2.36. The molecular weight excluding hydrogens is 234 g/mol. The molecule has 1 aliphatic carbocycles. The smallest absolute Gasteiger partial charge is 0.311 e. The van der Waals surface area contributed by atoms with Crippen LogP contribution in [0.1, 0.15) is 39.0 Å². The Labute approximate surface area is 108 Å². The first-order valence-corrected chi connectivity index (χ1v) is 6.52. The van der Waals surface area contributed by atoms with Crippen LogP contribution in [0, 0.1) is 11.3 Å². The van der Waals surface area contributed by atoms with E-state index < -0.39 is 11.4 Å². The second-order valence-corrected chi connectivity index (χ2v) is 5.22. The third-order valence-electron chi connectivity index (χ3n) is 3.73. The zero-order valence-corrected chi connectivity index (χ0v) is 11.2. The van der Waals surface area contributed by atoms with Crippen LogP contribution in [-0.2, 0) is 14.3 Å². The van der Waals surface area contributed by atoms with Crippen LogP contribution in [0.15, 0.2) is 0 Å². The van der Waals surface area contributed by atoms with Crippen molar-refractivity contribution in [1.82, 2.24) is 5.32 Å². The fourth-order valence-corrected chi connectivity index (χ4v) is 2.45. The molecule has 0 aliphatic heterocycles. The van der Waals surface area contributed by atoms with Crippen LogP contribution in [-0.4, -0.2) is 37.2 Å². The zero-order valence-electron chi connectivity index (χ0n) is 11.2. The van der Waals surface area contributed by atoms with Gasteiger partial charge in [0.2, 0.25) is 5.91 Å². The molecule has 0 aromatic heterocycles. The molecule has 1 fully saturated rings. The minimum absolute atomic E-state index is 0.136. The Hall–Kier alpha value is -1.10. The summed E-state index contributed by atoms with van der Waals surface area (Å²) in [4.78, 5) is 23.2. The molecule has 0 aromatic carbocycles. The number of ether oxygens (including phenoxy) is 1. The molecule has 1 atom stereocenters. The number of carboxylic acids is 1. The summed E-state index contributed by atoms with van der Waals surface area (Å²) in [5.74, 6) is -1.17. The Morgan fingerprint density at radius 1 is 1.33 bits per heavy atom. The number of hydrogen-bond donors (Lipinski definition) is 2. The third kappa shape index (κ3) is 3.70. The van der Waals surface area contributed by atoms with Crippen molar-refractivity contribution in [3.8, 4) is 0 Å². The van der Waals surface area contributed by atoms with Gasteiger partial charge in [-0.05, 0) is 12.8 Å². The van der Waals surface area contributed by atoms with Gasteiger partial charge in [0.15, 0.2) is 0 Å². The van der Waals surface area contributed by atoms with Gasteiger partial charge in [0.1, 0.15) is 0 Å². The lowest BCUT2D eigenvalue weighted by molar-refractivity contribution is -0.151. The molecule has 5 nitrogen and oxygen atoms in total. The van der Waals surface area contributed by atoms with E-state index in [0.29, 0.717) is 19.4 Å². The topological polar surface area (TPSA) is 75.6 Å². The second-order valence-electron chi connectivity index (χ2n) is 5.22. The first kappa shape index (κ1) is 15.0. The van der Waals surface area contributed by atoms with E-state index in [4.69, 9.17) is 4.74 Å². The van der Waals surface area contributed by atoms with E-state index in [1.165, 1.54) is 0 Å². The molecule has 0 aromatic rings. The van der Waals surface area contributed by atoms with E-state index in [0.717, 1.165) is 19.3 Å². The minimum Gasteiger partial charge on any atom is -0.481 e. The van der Waals surface area contributed by atoms with E-state index in [9.17, 15) is 14.7 Å². The van der Waals surface area contributed by atoms with Crippen molar-refractivity contribution in [2.75, 3.05) is 20.3 Å². The zero-order chi connectivity index (χ0) is 13.6. The maximum atomic E-state index is 11.8. The fraction of sp³-hybridized carbons (Fsp3) is 0.846. The first-order valence-electron chi connectivity index (χ1n) is 6.52. The van der Waals surface area contributed by atoms with E-state index in [1.807, 2.05) is 0 Å². The number of carboxylic acid groups (broad SMARTS) is 1. The molecule has 0 heterocycles. The molecule has 104 valence electrons. The highest BCUT2D eigenvalue weighted by Crippen LogP contribution is 2.36. The quantitative estimate of drug-likeness (QED) is 0.754. The fourth-order valence-electron chi connectivity index (χ4n) is 2.45. The van der Waals surface area contributed by atoms with E-state index in [2.05, 4.69) is 5.32 Å². The molecule has 2 N–H and O–H groups in total. The highest BCUT2D eigenvalue weighted by atomic mass is 16.5. The van der Waals surface area contributed by atoms with E-state index in [-0.39, 0.29) is 18.4 Å². The maximum absolute atomic E-state index is 11.8. The van der Waals surface area contributed by atoms with Gasteiger partial charge < -0.3 is 15.2 Å². The van der Waals surface area contributed by atoms with Crippen LogP contribution < -0.4 is 5.32 Å². The number of hydrogen-bond acceptors (Lipinski definition) is 3. The number of amides is 1. The molecule has 5 heteroatoms. The van der Waals surface area contributed by atoms with Gasteiger partial charge in [0, 0.05) is 13.7 Å². The van der Waals surface area contributed by atoms with Gasteiger partial charge in [-0.15, -0.1) is 0 Å². The van der Waals surface area contributed by atoms with Gasteiger partial charge in [-0.3, -0.25) is 9.59 Å². The van der Waals surface area contributed by atoms with Gasteiger partial charge in [0.05, 0.1) is 17.9 Å². The van der Waals surface area contributed by atoms with Gasteiger partial charge in [-0.2, -0.15) is 0 Å². The van der Waals surface area contributed by atoms with Gasteiger partial charge in [0.25, 0.3) is 0 Å². The summed E-state index contributed by atoms with van der Waals surface area (Å²) in [6.07, 6.45) is 4.25. The van der Waals surface area contributed by atoms with Crippen molar-refractivity contribution >= 4 is 11.9 Å². The number of methoxy groups -OCH3 is 1. The van der Waals surface area contributed by atoms with Crippen LogP contribution in [0.25, 0.3) is 0 Å².